The minimum absolute atomic E-state index is 0.0446. The molecule has 13 heteroatoms. The number of cyclic esters (lactones) is 1. The van der Waals surface area contributed by atoms with Crippen LogP contribution in [0.2, 0.25) is 10.0 Å². The smallest absolute Gasteiger partial charge is 0.414 e. The van der Waals surface area contributed by atoms with Gasteiger partial charge in [0, 0.05) is 51.4 Å². The van der Waals surface area contributed by atoms with Crippen molar-refractivity contribution in [3.8, 4) is 0 Å². The molecule has 0 bridgehead atoms. The van der Waals surface area contributed by atoms with E-state index in [1.165, 1.54) is 30.3 Å². The molecular formula is C22H24Cl2N4O6S. The molecule has 4 rings (SSSR count). The van der Waals surface area contributed by atoms with Gasteiger partial charge in [-0.2, -0.15) is 0 Å². The van der Waals surface area contributed by atoms with Gasteiger partial charge in [0.2, 0.25) is 0 Å². The number of rotatable bonds is 6. The summed E-state index contributed by atoms with van der Waals surface area (Å²) in [6.45, 7) is 1.96. The monoisotopic (exact) mass is 542 g/mol. The largest absolute Gasteiger partial charge is 0.447 e. The quantitative estimate of drug-likeness (QED) is 0.548. The molecule has 2 aliphatic heterocycles. The molecular weight excluding hydrogens is 519 g/mol. The van der Waals surface area contributed by atoms with Crippen molar-refractivity contribution in [1.29, 1.82) is 0 Å². The van der Waals surface area contributed by atoms with Crippen LogP contribution in [0.15, 0.2) is 35.4 Å². The number of piperazine rings is 1. The number of pyridine rings is 1. The molecule has 188 valence electrons. The third-order valence-electron chi connectivity index (χ3n) is 5.85. The van der Waals surface area contributed by atoms with Crippen molar-refractivity contribution >= 4 is 56.5 Å². The molecule has 2 aromatic rings. The first kappa shape index (κ1) is 25.5. The van der Waals surface area contributed by atoms with Gasteiger partial charge in [-0.05, 0) is 24.3 Å². The van der Waals surface area contributed by atoms with Gasteiger partial charge >= 0.3 is 6.09 Å². The minimum atomic E-state index is -3.79. The van der Waals surface area contributed by atoms with Crippen molar-refractivity contribution in [3.63, 3.8) is 0 Å². The summed E-state index contributed by atoms with van der Waals surface area (Å²) in [5.74, 6) is 0.164. The van der Waals surface area contributed by atoms with Gasteiger partial charge in [-0.3, -0.25) is 9.69 Å². The van der Waals surface area contributed by atoms with Crippen molar-refractivity contribution in [2.24, 2.45) is 0 Å². The van der Waals surface area contributed by atoms with Crippen LogP contribution in [0.25, 0.3) is 0 Å². The van der Waals surface area contributed by atoms with Gasteiger partial charge in [-0.25, -0.2) is 18.2 Å². The lowest BCUT2D eigenvalue weighted by Gasteiger charge is -2.36. The second-order valence-corrected chi connectivity index (χ2v) is 11.1. The number of hydrogen-bond donors (Lipinski definition) is 0. The van der Waals surface area contributed by atoms with Crippen LogP contribution < -0.4 is 9.80 Å². The highest BCUT2D eigenvalue weighted by Gasteiger charge is 2.36. The molecule has 2 aliphatic rings. The number of nitrogens with zero attached hydrogens (tertiary/aromatic N) is 4. The van der Waals surface area contributed by atoms with E-state index in [1.807, 2.05) is 4.90 Å². The fourth-order valence-corrected chi connectivity index (χ4v) is 5.56. The van der Waals surface area contributed by atoms with Crippen molar-refractivity contribution in [1.82, 2.24) is 9.88 Å². The van der Waals surface area contributed by atoms with Gasteiger partial charge in [-0.15, -0.1) is 0 Å². The lowest BCUT2D eigenvalue weighted by molar-refractivity contribution is 0.0742. The zero-order chi connectivity index (χ0) is 25.3. The van der Waals surface area contributed by atoms with Gasteiger partial charge in [0.15, 0.2) is 9.84 Å². The number of carbonyl (C=O) groups is 2. The fourth-order valence-electron chi connectivity index (χ4n) is 4.17. The normalized spacial score (nSPS) is 18.7. The summed E-state index contributed by atoms with van der Waals surface area (Å²) in [4.78, 5) is 34.6. The topological polar surface area (TPSA) is 109 Å². The van der Waals surface area contributed by atoms with Crippen LogP contribution >= 0.6 is 23.2 Å². The summed E-state index contributed by atoms with van der Waals surface area (Å²) in [6.07, 6.45) is 1.94. The Balaban J connectivity index is 1.56. The van der Waals surface area contributed by atoms with E-state index in [9.17, 15) is 18.0 Å². The Morgan fingerprint density at radius 1 is 1.20 bits per heavy atom. The first-order valence-corrected chi connectivity index (χ1v) is 13.4. The van der Waals surface area contributed by atoms with E-state index >= 15 is 0 Å². The first-order valence-electron chi connectivity index (χ1n) is 10.7. The van der Waals surface area contributed by atoms with Crippen molar-refractivity contribution < 1.29 is 27.5 Å². The Labute approximate surface area is 213 Å². The zero-order valence-electron chi connectivity index (χ0n) is 19.1. The Hall–Kier alpha value is -2.60. The number of ether oxygens (including phenoxy) is 2. The SMILES string of the molecule is COCC1COC(=O)N1c1ccc(C(=O)N2CCN(c3ncc(Cl)cc3Cl)CC2)c(S(C)(=O)=O)c1. The van der Waals surface area contributed by atoms with Gasteiger partial charge in [0.05, 0.1) is 33.2 Å². The van der Waals surface area contributed by atoms with Crippen LogP contribution in [-0.2, 0) is 19.3 Å². The summed E-state index contributed by atoms with van der Waals surface area (Å²) in [6, 6.07) is 5.53. The van der Waals surface area contributed by atoms with E-state index in [0.29, 0.717) is 47.7 Å². The molecule has 0 N–H and O–H groups in total. The summed E-state index contributed by atoms with van der Waals surface area (Å²) in [5, 5.41) is 0.847. The maximum Gasteiger partial charge on any atom is 0.414 e. The van der Waals surface area contributed by atoms with E-state index in [1.54, 1.807) is 17.0 Å². The molecule has 0 spiro atoms. The lowest BCUT2D eigenvalue weighted by Crippen LogP contribution is -2.49. The Bertz CT molecular complexity index is 1250. The first-order chi connectivity index (χ1) is 16.6. The molecule has 1 aromatic carbocycles. The average Bonchev–Trinajstić information content (AvgIpc) is 3.18. The van der Waals surface area contributed by atoms with E-state index in [0.717, 1.165) is 6.26 Å². The number of anilines is 2. The third-order valence-corrected chi connectivity index (χ3v) is 7.47. The number of sulfone groups is 1. The predicted octanol–water partition coefficient (Wildman–Crippen LogP) is 2.73. The van der Waals surface area contributed by atoms with Crippen LogP contribution in [0.3, 0.4) is 0 Å². The van der Waals surface area contributed by atoms with E-state index in [-0.39, 0.29) is 23.7 Å². The van der Waals surface area contributed by atoms with Crippen molar-refractivity contribution in [2.45, 2.75) is 10.9 Å². The van der Waals surface area contributed by atoms with Crippen molar-refractivity contribution in [3.05, 3.63) is 46.1 Å². The molecule has 2 amide bonds. The van der Waals surface area contributed by atoms with Gasteiger partial charge < -0.3 is 19.3 Å². The highest BCUT2D eigenvalue weighted by Crippen LogP contribution is 2.30. The standard InChI is InChI=1S/C22H24Cl2N4O6S/c1-33-12-16-13-34-22(30)28(16)15-3-4-17(19(10-15)35(2,31)32)21(29)27-7-5-26(6-8-27)20-18(24)9-14(23)11-25-20/h3-4,9-11,16H,5-8,12-13H2,1-2H3. The van der Waals surface area contributed by atoms with Crippen LogP contribution in [0.1, 0.15) is 10.4 Å². The van der Waals surface area contributed by atoms with E-state index in [2.05, 4.69) is 4.98 Å². The summed E-state index contributed by atoms with van der Waals surface area (Å²) in [7, 11) is -2.29. The van der Waals surface area contributed by atoms with Crippen LogP contribution in [-0.4, -0.2) is 89.1 Å². The molecule has 3 heterocycles. The predicted molar refractivity (Wildman–Crippen MR) is 131 cm³/mol. The third kappa shape index (κ3) is 5.32. The van der Waals surface area contributed by atoms with Crippen LogP contribution in [0.5, 0.6) is 0 Å². The summed E-state index contributed by atoms with van der Waals surface area (Å²) in [5.41, 5.74) is 0.364. The van der Waals surface area contributed by atoms with Crippen LogP contribution in [0.4, 0.5) is 16.3 Å². The zero-order valence-corrected chi connectivity index (χ0v) is 21.4. The second-order valence-electron chi connectivity index (χ2n) is 8.25. The molecule has 0 radical (unpaired) electrons. The van der Waals surface area contributed by atoms with Crippen LogP contribution in [0, 0.1) is 0 Å². The molecule has 2 saturated heterocycles. The molecule has 35 heavy (non-hydrogen) atoms. The summed E-state index contributed by atoms with van der Waals surface area (Å²) >= 11 is 12.2. The highest BCUT2D eigenvalue weighted by molar-refractivity contribution is 7.90. The molecule has 0 saturated carbocycles. The summed E-state index contributed by atoms with van der Waals surface area (Å²) < 4.78 is 35.5. The fraction of sp³-hybridized carbons (Fsp3) is 0.409. The number of hydrogen-bond acceptors (Lipinski definition) is 8. The number of halogens is 2. The van der Waals surface area contributed by atoms with E-state index < -0.39 is 27.9 Å². The molecule has 1 unspecified atom stereocenters. The van der Waals surface area contributed by atoms with Gasteiger partial charge in [0.1, 0.15) is 12.4 Å². The number of carbonyl (C=O) groups excluding carboxylic acids is 2. The molecule has 2 fully saturated rings. The Morgan fingerprint density at radius 2 is 1.91 bits per heavy atom. The van der Waals surface area contributed by atoms with Crippen molar-refractivity contribution in [2.75, 3.05) is 62.6 Å². The number of amides is 2. The van der Waals surface area contributed by atoms with Gasteiger partial charge in [0.25, 0.3) is 5.91 Å². The Morgan fingerprint density at radius 3 is 2.54 bits per heavy atom. The second kappa shape index (κ2) is 10.2. The number of benzene rings is 1. The minimum Gasteiger partial charge on any atom is -0.447 e. The maximum absolute atomic E-state index is 13.3. The molecule has 1 atom stereocenters. The molecule has 1 aromatic heterocycles. The van der Waals surface area contributed by atoms with Gasteiger partial charge in [-0.1, -0.05) is 23.2 Å². The van der Waals surface area contributed by atoms with E-state index in [4.69, 9.17) is 32.7 Å². The highest BCUT2D eigenvalue weighted by atomic mass is 35.5. The average molecular weight is 543 g/mol. The number of methoxy groups -OCH3 is 1. The lowest BCUT2D eigenvalue weighted by atomic mass is 10.1. The maximum atomic E-state index is 13.3. The molecule has 10 nitrogen and oxygen atoms in total. The Kier molecular flexibility index (Phi) is 7.41. The molecule has 0 aliphatic carbocycles. The number of aromatic nitrogens is 1.